The lowest BCUT2D eigenvalue weighted by Crippen LogP contribution is -2.45. The molecule has 0 radical (unpaired) electrons. The number of hydrogen-bond acceptors (Lipinski definition) is 5. The molecule has 1 aliphatic heterocycles. The van der Waals surface area contributed by atoms with Crippen LogP contribution in [0.25, 0.3) is 0 Å². The van der Waals surface area contributed by atoms with Gasteiger partial charge >= 0.3 is 0 Å². The van der Waals surface area contributed by atoms with E-state index >= 15 is 0 Å². The molecule has 6 nitrogen and oxygen atoms in total. The maximum absolute atomic E-state index is 12.8. The van der Waals surface area contributed by atoms with Crippen LogP contribution in [-0.2, 0) is 22.9 Å². The molecule has 0 atom stereocenters. The fraction of sp³-hybridized carbons (Fsp3) is 0.474. The Morgan fingerprint density at radius 2 is 1.69 bits per heavy atom. The van der Waals surface area contributed by atoms with Crippen LogP contribution in [-0.4, -0.2) is 37.5 Å². The maximum Gasteiger partial charge on any atom is 0.240 e. The van der Waals surface area contributed by atoms with Gasteiger partial charge in [0.1, 0.15) is 0 Å². The minimum Gasteiger partial charge on any atom is -0.341 e. The van der Waals surface area contributed by atoms with Crippen molar-refractivity contribution in [2.45, 2.75) is 49.5 Å². The molecule has 26 heavy (non-hydrogen) atoms. The van der Waals surface area contributed by atoms with Crippen LogP contribution in [0.1, 0.15) is 36.8 Å². The van der Waals surface area contributed by atoms with E-state index in [-0.39, 0.29) is 6.04 Å². The Bertz CT molecular complexity index is 862. The lowest BCUT2D eigenvalue weighted by atomic mass is 9.92. The molecule has 0 bridgehead atoms. The van der Waals surface area contributed by atoms with E-state index in [4.69, 9.17) is 0 Å². The molecule has 1 fully saturated rings. The van der Waals surface area contributed by atoms with Crippen molar-refractivity contribution in [3.63, 3.8) is 0 Å². The van der Waals surface area contributed by atoms with E-state index in [0.29, 0.717) is 10.8 Å². The zero-order chi connectivity index (χ0) is 18.0. The summed E-state index contributed by atoms with van der Waals surface area (Å²) in [6.07, 6.45) is 9.34. The molecule has 0 unspecified atom stereocenters. The topological polar surface area (TPSA) is 75.2 Å². The number of benzene rings is 1. The predicted octanol–water partition coefficient (Wildman–Crippen LogP) is 2.30. The number of aromatic nitrogens is 2. The third-order valence-corrected chi connectivity index (χ3v) is 6.80. The molecule has 0 amide bonds. The van der Waals surface area contributed by atoms with E-state index < -0.39 is 10.0 Å². The number of nitrogens with one attached hydrogen (secondary N) is 1. The van der Waals surface area contributed by atoms with Crippen LogP contribution in [0.2, 0.25) is 0 Å². The smallest absolute Gasteiger partial charge is 0.240 e. The Morgan fingerprint density at radius 3 is 2.42 bits per heavy atom. The lowest BCUT2D eigenvalue weighted by Gasteiger charge is -2.32. The SMILES string of the molecule is O=S(=O)(NC1CCN(c2ncccn2)CC1)c1ccc2c(c1)CCCC2. The van der Waals surface area contributed by atoms with Crippen molar-refractivity contribution in [1.29, 1.82) is 0 Å². The van der Waals surface area contributed by atoms with Crippen molar-refractivity contribution in [3.05, 3.63) is 47.8 Å². The van der Waals surface area contributed by atoms with Crippen LogP contribution in [0.3, 0.4) is 0 Å². The normalized spacial score (nSPS) is 18.5. The molecule has 1 saturated heterocycles. The Kier molecular flexibility index (Phi) is 4.91. The number of fused-ring (bicyclic) bond motifs is 1. The van der Waals surface area contributed by atoms with E-state index in [2.05, 4.69) is 19.6 Å². The molecule has 0 saturated carbocycles. The van der Waals surface area contributed by atoms with Crippen LogP contribution >= 0.6 is 0 Å². The summed E-state index contributed by atoms with van der Waals surface area (Å²) < 4.78 is 28.5. The number of rotatable bonds is 4. The second-order valence-corrected chi connectivity index (χ2v) is 8.78. The van der Waals surface area contributed by atoms with E-state index in [1.54, 1.807) is 24.5 Å². The zero-order valence-electron chi connectivity index (χ0n) is 14.8. The first kappa shape index (κ1) is 17.4. The van der Waals surface area contributed by atoms with Gasteiger partial charge in [-0.2, -0.15) is 0 Å². The highest BCUT2D eigenvalue weighted by atomic mass is 32.2. The molecule has 7 heteroatoms. The fourth-order valence-corrected chi connectivity index (χ4v) is 5.17. The quantitative estimate of drug-likeness (QED) is 0.891. The largest absolute Gasteiger partial charge is 0.341 e. The molecule has 1 aliphatic carbocycles. The van der Waals surface area contributed by atoms with Crippen molar-refractivity contribution in [1.82, 2.24) is 14.7 Å². The van der Waals surface area contributed by atoms with E-state index in [1.807, 2.05) is 12.1 Å². The summed E-state index contributed by atoms with van der Waals surface area (Å²) in [5.41, 5.74) is 2.49. The molecule has 0 spiro atoms. The average Bonchev–Trinajstić information content (AvgIpc) is 2.68. The van der Waals surface area contributed by atoms with Gasteiger partial charge in [0.2, 0.25) is 16.0 Å². The summed E-state index contributed by atoms with van der Waals surface area (Å²) in [5, 5.41) is 0. The Hall–Kier alpha value is -1.99. The Labute approximate surface area is 154 Å². The number of anilines is 1. The summed E-state index contributed by atoms with van der Waals surface area (Å²) in [5.74, 6) is 0.712. The van der Waals surface area contributed by atoms with Gasteiger partial charge in [-0.3, -0.25) is 0 Å². The predicted molar refractivity (Wildman–Crippen MR) is 101 cm³/mol. The van der Waals surface area contributed by atoms with E-state index in [1.165, 1.54) is 17.5 Å². The minimum atomic E-state index is -3.48. The Morgan fingerprint density at radius 1 is 1.00 bits per heavy atom. The second-order valence-electron chi connectivity index (χ2n) is 7.07. The molecule has 2 heterocycles. The maximum atomic E-state index is 12.8. The van der Waals surface area contributed by atoms with Gasteiger partial charge < -0.3 is 4.90 Å². The number of hydrogen-bond donors (Lipinski definition) is 1. The van der Waals surface area contributed by atoms with E-state index in [9.17, 15) is 8.42 Å². The highest BCUT2D eigenvalue weighted by Gasteiger charge is 2.26. The summed E-state index contributed by atoms with van der Waals surface area (Å²) in [6, 6.07) is 7.35. The van der Waals surface area contributed by atoms with Gasteiger partial charge in [0, 0.05) is 31.5 Å². The molecule has 1 aromatic carbocycles. The van der Waals surface area contributed by atoms with Crippen LogP contribution in [0.15, 0.2) is 41.6 Å². The summed E-state index contributed by atoms with van der Waals surface area (Å²) in [4.78, 5) is 11.0. The van der Waals surface area contributed by atoms with Gasteiger partial charge in [-0.25, -0.2) is 23.1 Å². The first-order valence-corrected chi connectivity index (χ1v) is 10.8. The summed E-state index contributed by atoms with van der Waals surface area (Å²) in [6.45, 7) is 1.50. The fourth-order valence-electron chi connectivity index (χ4n) is 3.82. The molecule has 1 aromatic heterocycles. The van der Waals surface area contributed by atoms with Gasteiger partial charge in [0.15, 0.2) is 0 Å². The van der Waals surface area contributed by atoms with Crippen LogP contribution in [0.5, 0.6) is 0 Å². The molecule has 2 aliphatic rings. The third kappa shape index (κ3) is 3.73. The number of nitrogens with zero attached hydrogens (tertiary/aromatic N) is 3. The molecular weight excluding hydrogens is 348 g/mol. The first-order valence-electron chi connectivity index (χ1n) is 9.28. The summed E-state index contributed by atoms with van der Waals surface area (Å²) in [7, 11) is -3.48. The zero-order valence-corrected chi connectivity index (χ0v) is 15.6. The number of sulfonamides is 1. The van der Waals surface area contributed by atoms with Crippen LogP contribution in [0.4, 0.5) is 5.95 Å². The lowest BCUT2D eigenvalue weighted by molar-refractivity contribution is 0.456. The van der Waals surface area contributed by atoms with Gasteiger partial charge in [-0.1, -0.05) is 6.07 Å². The Balaban J connectivity index is 1.41. The van der Waals surface area contributed by atoms with Gasteiger partial charge in [0.05, 0.1) is 4.90 Å². The standard InChI is InChI=1S/C19H24N4O2S/c24-26(25,18-7-6-15-4-1-2-5-16(15)14-18)22-17-8-12-23(13-9-17)19-20-10-3-11-21-19/h3,6-7,10-11,14,17,22H,1-2,4-5,8-9,12-13H2. The number of aryl methyl sites for hydroxylation is 2. The van der Waals surface area contributed by atoms with Crippen molar-refractivity contribution < 1.29 is 8.42 Å². The average molecular weight is 372 g/mol. The number of piperidine rings is 1. The third-order valence-electron chi connectivity index (χ3n) is 5.28. The highest BCUT2D eigenvalue weighted by molar-refractivity contribution is 7.89. The summed E-state index contributed by atoms with van der Waals surface area (Å²) >= 11 is 0. The van der Waals surface area contributed by atoms with Gasteiger partial charge in [-0.15, -0.1) is 0 Å². The monoisotopic (exact) mass is 372 g/mol. The second kappa shape index (κ2) is 7.32. The molecule has 138 valence electrons. The highest BCUT2D eigenvalue weighted by Crippen LogP contribution is 2.25. The van der Waals surface area contributed by atoms with Crippen molar-refractivity contribution in [2.75, 3.05) is 18.0 Å². The van der Waals surface area contributed by atoms with Gasteiger partial charge in [0.25, 0.3) is 0 Å². The van der Waals surface area contributed by atoms with E-state index in [0.717, 1.165) is 45.2 Å². The molecule has 4 rings (SSSR count). The molecule has 2 aromatic rings. The van der Waals surface area contributed by atoms with Crippen molar-refractivity contribution in [3.8, 4) is 0 Å². The minimum absolute atomic E-state index is 0.0454. The molecular formula is C19H24N4O2S. The van der Waals surface area contributed by atoms with Crippen molar-refractivity contribution >= 4 is 16.0 Å². The molecule has 1 N–H and O–H groups in total. The van der Waals surface area contributed by atoms with Crippen LogP contribution < -0.4 is 9.62 Å². The van der Waals surface area contributed by atoms with Crippen molar-refractivity contribution in [2.24, 2.45) is 0 Å². The first-order chi connectivity index (χ1) is 12.6. The van der Waals surface area contributed by atoms with Gasteiger partial charge in [-0.05, 0) is 67.9 Å². The van der Waals surface area contributed by atoms with Crippen LogP contribution in [0, 0.1) is 0 Å².